The van der Waals surface area contributed by atoms with E-state index in [9.17, 15) is 14.7 Å². The van der Waals surface area contributed by atoms with E-state index >= 15 is 0 Å². The topological polar surface area (TPSA) is 66.8 Å². The van der Waals surface area contributed by atoms with E-state index in [1.807, 2.05) is 13.0 Å². The lowest BCUT2D eigenvalue weighted by Gasteiger charge is -2.39. The van der Waals surface area contributed by atoms with Gasteiger partial charge < -0.3 is 14.7 Å². The number of ether oxygens (including phenoxy) is 1. The quantitative estimate of drug-likeness (QED) is 0.865. The van der Waals surface area contributed by atoms with Crippen LogP contribution in [0.25, 0.3) is 0 Å². The normalized spacial score (nSPS) is 21.4. The molecule has 1 aromatic heterocycles. The summed E-state index contributed by atoms with van der Waals surface area (Å²) in [6, 6.07) is 1.97. The number of carboxylic acid groups (broad SMARTS) is 1. The van der Waals surface area contributed by atoms with Crippen molar-refractivity contribution in [1.29, 1.82) is 0 Å². The van der Waals surface area contributed by atoms with Gasteiger partial charge in [-0.05, 0) is 37.8 Å². The minimum atomic E-state index is -0.985. The Labute approximate surface area is 141 Å². The van der Waals surface area contributed by atoms with Gasteiger partial charge in [-0.2, -0.15) is 0 Å². The Hall–Kier alpha value is -1.40. The largest absolute Gasteiger partial charge is 0.481 e. The zero-order valence-corrected chi connectivity index (χ0v) is 14.9. The summed E-state index contributed by atoms with van der Waals surface area (Å²) in [4.78, 5) is 28.1. The molecule has 1 saturated heterocycles. The minimum absolute atomic E-state index is 0.0538. The Kier molecular flexibility index (Phi) is 5.81. The molecule has 1 aromatic rings. The monoisotopic (exact) mass is 339 g/mol. The van der Waals surface area contributed by atoms with Crippen molar-refractivity contribution in [3.8, 4) is 0 Å². The number of hydrogen-bond donors (Lipinski definition) is 1. The summed E-state index contributed by atoms with van der Waals surface area (Å²) >= 11 is 1.51. The van der Waals surface area contributed by atoms with Crippen LogP contribution in [0.5, 0.6) is 0 Å². The number of rotatable bonds is 6. The van der Waals surface area contributed by atoms with Crippen LogP contribution in [-0.4, -0.2) is 48.7 Å². The van der Waals surface area contributed by atoms with Crippen LogP contribution in [0.1, 0.15) is 46.3 Å². The van der Waals surface area contributed by atoms with Gasteiger partial charge in [0, 0.05) is 25.1 Å². The number of aliphatic carboxylic acids is 1. The number of carboxylic acids is 1. The first-order valence-electron chi connectivity index (χ1n) is 8.04. The van der Waals surface area contributed by atoms with Gasteiger partial charge in [0.1, 0.15) is 5.41 Å². The average molecular weight is 339 g/mol. The lowest BCUT2D eigenvalue weighted by molar-refractivity contribution is -0.155. The number of carbonyl (C=O) groups is 2. The van der Waals surface area contributed by atoms with Crippen molar-refractivity contribution < 1.29 is 19.4 Å². The van der Waals surface area contributed by atoms with Crippen LogP contribution in [0.15, 0.2) is 6.07 Å². The molecule has 2 heterocycles. The van der Waals surface area contributed by atoms with Gasteiger partial charge in [0.25, 0.3) is 5.91 Å². The van der Waals surface area contributed by atoms with Crippen molar-refractivity contribution >= 4 is 23.2 Å². The highest BCUT2D eigenvalue weighted by molar-refractivity contribution is 7.14. The molecule has 128 valence electrons. The van der Waals surface area contributed by atoms with Crippen LogP contribution in [0.2, 0.25) is 0 Å². The summed E-state index contributed by atoms with van der Waals surface area (Å²) in [6.07, 6.45) is 3.25. The minimum Gasteiger partial charge on any atom is -0.481 e. The molecular weight excluding hydrogens is 314 g/mol. The molecule has 0 saturated carbocycles. The highest BCUT2D eigenvalue weighted by Gasteiger charge is 2.44. The van der Waals surface area contributed by atoms with E-state index in [-0.39, 0.29) is 19.1 Å². The molecule has 0 radical (unpaired) electrons. The molecule has 0 bridgehead atoms. The second-order valence-electron chi connectivity index (χ2n) is 6.29. The summed E-state index contributed by atoms with van der Waals surface area (Å²) in [5.41, 5.74) is 0.237. The number of nitrogens with zero attached hydrogens (tertiary/aromatic N) is 1. The van der Waals surface area contributed by atoms with Gasteiger partial charge in [-0.15, -0.1) is 11.3 Å². The number of carbonyl (C=O) groups excluding carboxylic acids is 1. The summed E-state index contributed by atoms with van der Waals surface area (Å²) in [5, 5.41) is 9.59. The second kappa shape index (κ2) is 7.45. The first-order chi connectivity index (χ1) is 10.9. The number of piperidine rings is 1. The third kappa shape index (κ3) is 3.75. The molecule has 1 aliphatic heterocycles. The summed E-state index contributed by atoms with van der Waals surface area (Å²) < 4.78 is 5.12. The Bertz CT molecular complexity index is 579. The van der Waals surface area contributed by atoms with Crippen molar-refractivity contribution in [3.63, 3.8) is 0 Å². The number of hydrogen-bond acceptors (Lipinski definition) is 4. The zero-order chi connectivity index (χ0) is 17.0. The van der Waals surface area contributed by atoms with Crippen molar-refractivity contribution in [3.05, 3.63) is 21.4 Å². The fourth-order valence-electron chi connectivity index (χ4n) is 3.23. The molecule has 23 heavy (non-hydrogen) atoms. The van der Waals surface area contributed by atoms with Crippen molar-refractivity contribution in [2.45, 2.75) is 39.5 Å². The van der Waals surface area contributed by atoms with Gasteiger partial charge >= 0.3 is 5.97 Å². The van der Waals surface area contributed by atoms with Gasteiger partial charge in [0.2, 0.25) is 0 Å². The summed E-state index contributed by atoms with van der Waals surface area (Å²) in [6.45, 7) is 5.12. The van der Waals surface area contributed by atoms with Crippen LogP contribution in [-0.2, 0) is 16.0 Å². The maximum Gasteiger partial charge on any atom is 0.313 e. The fourth-order valence-corrected chi connectivity index (χ4v) is 4.27. The van der Waals surface area contributed by atoms with E-state index in [2.05, 4.69) is 6.92 Å². The van der Waals surface area contributed by atoms with Gasteiger partial charge in [-0.1, -0.05) is 13.3 Å². The van der Waals surface area contributed by atoms with Gasteiger partial charge in [-0.3, -0.25) is 9.59 Å². The second-order valence-corrected chi connectivity index (χ2v) is 7.55. The molecule has 1 amide bonds. The third-order valence-electron chi connectivity index (χ3n) is 4.49. The molecule has 6 heteroatoms. The molecule has 2 rings (SSSR count). The number of thiophene rings is 1. The molecule has 5 nitrogen and oxygen atoms in total. The highest BCUT2D eigenvalue weighted by Crippen LogP contribution is 2.33. The number of aryl methyl sites for hydroxylation is 2. The Morgan fingerprint density at radius 1 is 1.48 bits per heavy atom. The summed E-state index contributed by atoms with van der Waals surface area (Å²) in [5.74, 6) is -0.937. The average Bonchev–Trinajstić information content (AvgIpc) is 2.88. The predicted octanol–water partition coefficient (Wildman–Crippen LogP) is 2.96. The maximum atomic E-state index is 12.8. The standard InChI is InChI=1S/C17H25NO4S/c1-4-6-13-9-14(23-12(13)2)15(19)18-8-5-7-17(10-18,11-22-3)16(20)21/h9H,4-8,10-11H2,1-3H3,(H,20,21). The molecule has 0 aliphatic carbocycles. The molecule has 1 unspecified atom stereocenters. The van der Waals surface area contributed by atoms with Gasteiger partial charge in [0.15, 0.2) is 0 Å². The number of likely N-dealkylation sites (tertiary alicyclic amines) is 1. The van der Waals surface area contributed by atoms with Crippen LogP contribution >= 0.6 is 11.3 Å². The van der Waals surface area contributed by atoms with E-state index in [0.717, 1.165) is 12.8 Å². The first kappa shape index (κ1) is 17.9. The van der Waals surface area contributed by atoms with Gasteiger partial charge in [-0.25, -0.2) is 0 Å². The fraction of sp³-hybridized carbons (Fsp3) is 0.647. The van der Waals surface area contributed by atoms with E-state index in [1.54, 1.807) is 4.90 Å². The smallest absolute Gasteiger partial charge is 0.313 e. The van der Waals surface area contributed by atoms with Crippen LogP contribution < -0.4 is 0 Å². The van der Waals surface area contributed by atoms with Crippen LogP contribution in [0.4, 0.5) is 0 Å². The van der Waals surface area contributed by atoms with E-state index < -0.39 is 11.4 Å². The predicted molar refractivity (Wildman–Crippen MR) is 90.1 cm³/mol. The zero-order valence-electron chi connectivity index (χ0n) is 14.1. The SMILES string of the molecule is CCCc1cc(C(=O)N2CCCC(COC)(C(=O)O)C2)sc1C. The number of methoxy groups -OCH3 is 1. The Morgan fingerprint density at radius 2 is 2.22 bits per heavy atom. The molecule has 1 N–H and O–H groups in total. The van der Waals surface area contributed by atoms with E-state index in [0.29, 0.717) is 24.3 Å². The maximum absolute atomic E-state index is 12.8. The van der Waals surface area contributed by atoms with Gasteiger partial charge in [0.05, 0.1) is 11.5 Å². The van der Waals surface area contributed by atoms with Crippen molar-refractivity contribution in [2.24, 2.45) is 5.41 Å². The lowest BCUT2D eigenvalue weighted by atomic mass is 9.80. The lowest BCUT2D eigenvalue weighted by Crippen LogP contribution is -2.52. The third-order valence-corrected chi connectivity index (χ3v) is 5.57. The Morgan fingerprint density at radius 3 is 2.83 bits per heavy atom. The van der Waals surface area contributed by atoms with Crippen molar-refractivity contribution in [2.75, 3.05) is 26.8 Å². The van der Waals surface area contributed by atoms with Crippen LogP contribution in [0, 0.1) is 12.3 Å². The van der Waals surface area contributed by atoms with E-state index in [4.69, 9.17) is 4.74 Å². The van der Waals surface area contributed by atoms with Crippen molar-refractivity contribution in [1.82, 2.24) is 4.90 Å². The molecule has 1 atom stereocenters. The van der Waals surface area contributed by atoms with E-state index in [1.165, 1.54) is 28.9 Å². The molecule has 0 aromatic carbocycles. The number of amides is 1. The Balaban J connectivity index is 2.18. The first-order valence-corrected chi connectivity index (χ1v) is 8.86. The van der Waals surface area contributed by atoms with Crippen LogP contribution in [0.3, 0.4) is 0 Å². The summed E-state index contributed by atoms with van der Waals surface area (Å²) in [7, 11) is 1.51. The molecular formula is C17H25NO4S. The molecule has 0 spiro atoms. The highest BCUT2D eigenvalue weighted by atomic mass is 32.1. The molecule has 1 fully saturated rings. The molecule has 1 aliphatic rings.